The summed E-state index contributed by atoms with van der Waals surface area (Å²) >= 11 is 0. The number of rotatable bonds is 6. The van der Waals surface area contributed by atoms with Crippen LogP contribution in [0.4, 0.5) is 11.6 Å². The highest BCUT2D eigenvalue weighted by Crippen LogP contribution is 2.31. The second kappa shape index (κ2) is 8.56. The summed E-state index contributed by atoms with van der Waals surface area (Å²) in [5, 5.41) is 21.8. The summed E-state index contributed by atoms with van der Waals surface area (Å²) in [7, 11) is 1.65. The number of nitrogens with one attached hydrogen (secondary N) is 1. The van der Waals surface area contributed by atoms with Gasteiger partial charge in [-0.3, -0.25) is 9.48 Å². The highest BCUT2D eigenvalue weighted by Gasteiger charge is 2.41. The van der Waals surface area contributed by atoms with E-state index in [-0.39, 0.29) is 18.5 Å². The van der Waals surface area contributed by atoms with Crippen LogP contribution < -0.4 is 5.32 Å². The summed E-state index contributed by atoms with van der Waals surface area (Å²) in [4.78, 5) is 27.4. The first kappa shape index (κ1) is 21.4. The average Bonchev–Trinajstić information content (AvgIpc) is 3.54. The molecule has 2 fully saturated rings. The first-order valence-electron chi connectivity index (χ1n) is 11.1. The molecule has 4 aromatic rings. The lowest BCUT2D eigenvalue weighted by atomic mass is 10.0. The summed E-state index contributed by atoms with van der Waals surface area (Å²) in [6.45, 7) is 1.58. The van der Waals surface area contributed by atoms with Crippen LogP contribution in [0.3, 0.4) is 0 Å². The Labute approximate surface area is 199 Å². The largest absolute Gasteiger partial charge is 0.390 e. The number of hydrogen-bond acceptors (Lipinski definition) is 10. The molecule has 6 heterocycles. The second-order valence-corrected chi connectivity index (χ2v) is 8.58. The highest BCUT2D eigenvalue weighted by molar-refractivity contribution is 5.86. The van der Waals surface area contributed by atoms with Gasteiger partial charge in [0, 0.05) is 32.1 Å². The van der Waals surface area contributed by atoms with Crippen LogP contribution in [-0.2, 0) is 9.53 Å². The number of aliphatic hydroxyl groups excluding tert-OH is 1. The zero-order valence-electron chi connectivity index (χ0n) is 18.8. The Hall–Kier alpha value is -4.16. The minimum Gasteiger partial charge on any atom is -0.390 e. The van der Waals surface area contributed by atoms with Crippen LogP contribution in [0.5, 0.6) is 0 Å². The Bertz CT molecular complexity index is 1380. The van der Waals surface area contributed by atoms with Crippen molar-refractivity contribution in [3.63, 3.8) is 0 Å². The molecule has 2 aliphatic heterocycles. The number of pyridine rings is 1. The van der Waals surface area contributed by atoms with E-state index in [2.05, 4.69) is 30.5 Å². The third kappa shape index (κ3) is 4.02. The number of amides is 1. The molecule has 0 spiro atoms. The minimum absolute atomic E-state index is 0.200. The lowest BCUT2D eigenvalue weighted by Crippen LogP contribution is -2.30. The zero-order valence-corrected chi connectivity index (χ0v) is 18.8. The van der Waals surface area contributed by atoms with Gasteiger partial charge in [0.2, 0.25) is 11.9 Å². The molecule has 2 N–H and O–H groups in total. The first-order valence-corrected chi connectivity index (χ1v) is 11.1. The van der Waals surface area contributed by atoms with Crippen molar-refractivity contribution in [2.24, 2.45) is 0 Å². The molecule has 0 bridgehead atoms. The number of aromatic nitrogens is 6. The van der Waals surface area contributed by atoms with Gasteiger partial charge in [0.15, 0.2) is 5.76 Å². The quantitative estimate of drug-likeness (QED) is 0.423. The molecule has 2 saturated heterocycles. The van der Waals surface area contributed by atoms with Gasteiger partial charge >= 0.3 is 0 Å². The summed E-state index contributed by atoms with van der Waals surface area (Å²) < 4.78 is 12.5. The van der Waals surface area contributed by atoms with E-state index >= 15 is 0 Å². The van der Waals surface area contributed by atoms with Gasteiger partial charge in [0.05, 0.1) is 54.3 Å². The second-order valence-electron chi connectivity index (χ2n) is 8.58. The lowest BCUT2D eigenvalue weighted by molar-refractivity contribution is -0.128. The van der Waals surface area contributed by atoms with Gasteiger partial charge in [-0.25, -0.2) is 15.0 Å². The SMILES string of the molecule is CN1CC(O)[C@@H](c2cc(-c3cccc(-c4ccnc(Nc5cnn(C6COC6)c5)n4)n3)no2)C1=O. The number of hydrogen-bond donors (Lipinski definition) is 2. The molecule has 2 aliphatic rings. The summed E-state index contributed by atoms with van der Waals surface area (Å²) in [5.41, 5.74) is 3.05. The molecule has 1 amide bonds. The fourth-order valence-corrected chi connectivity index (χ4v) is 4.13. The normalized spacial score (nSPS) is 20.3. The van der Waals surface area contributed by atoms with Gasteiger partial charge < -0.3 is 24.6 Å². The van der Waals surface area contributed by atoms with Crippen LogP contribution in [0.2, 0.25) is 0 Å². The van der Waals surface area contributed by atoms with Crippen molar-refractivity contribution in [3.8, 4) is 22.8 Å². The van der Waals surface area contributed by atoms with Crippen molar-refractivity contribution in [3.05, 3.63) is 54.7 Å². The molecule has 6 rings (SSSR count). The molecular weight excluding hydrogens is 452 g/mol. The average molecular weight is 474 g/mol. The molecule has 1 unspecified atom stereocenters. The number of β-amino-alcohol motifs (C(OH)–C–C–N with tert-alkyl or cyclic N) is 1. The van der Waals surface area contributed by atoms with Crippen molar-refractivity contribution >= 4 is 17.5 Å². The monoisotopic (exact) mass is 474 g/mol. The maximum Gasteiger partial charge on any atom is 0.236 e. The van der Waals surface area contributed by atoms with E-state index in [1.165, 1.54) is 4.90 Å². The van der Waals surface area contributed by atoms with Crippen molar-refractivity contribution in [1.29, 1.82) is 0 Å². The van der Waals surface area contributed by atoms with Crippen LogP contribution in [0.25, 0.3) is 22.8 Å². The van der Waals surface area contributed by atoms with Gasteiger partial charge in [-0.05, 0) is 18.2 Å². The third-order valence-electron chi connectivity index (χ3n) is 6.10. The van der Waals surface area contributed by atoms with E-state index in [9.17, 15) is 9.90 Å². The molecule has 12 heteroatoms. The maximum atomic E-state index is 12.3. The van der Waals surface area contributed by atoms with E-state index in [1.54, 1.807) is 37.6 Å². The van der Waals surface area contributed by atoms with E-state index in [4.69, 9.17) is 9.26 Å². The smallest absolute Gasteiger partial charge is 0.236 e. The molecule has 0 aromatic carbocycles. The number of aliphatic hydroxyl groups is 1. The van der Waals surface area contributed by atoms with Crippen LogP contribution in [0, 0.1) is 0 Å². The summed E-state index contributed by atoms with van der Waals surface area (Å²) in [6, 6.07) is 9.15. The van der Waals surface area contributed by atoms with E-state index < -0.39 is 12.0 Å². The van der Waals surface area contributed by atoms with E-state index in [1.807, 2.05) is 23.0 Å². The predicted molar refractivity (Wildman–Crippen MR) is 123 cm³/mol. The molecule has 35 heavy (non-hydrogen) atoms. The van der Waals surface area contributed by atoms with Gasteiger partial charge in [-0.1, -0.05) is 11.2 Å². The fourth-order valence-electron chi connectivity index (χ4n) is 4.13. The number of ether oxygens (including phenoxy) is 1. The van der Waals surface area contributed by atoms with Crippen molar-refractivity contribution in [1.82, 2.24) is 34.8 Å². The Morgan fingerprint density at radius 3 is 2.66 bits per heavy atom. The summed E-state index contributed by atoms with van der Waals surface area (Å²) in [5.74, 6) is -0.229. The minimum atomic E-state index is -0.839. The number of carbonyl (C=O) groups excluding carboxylic acids is 1. The van der Waals surface area contributed by atoms with E-state index in [0.29, 0.717) is 47.7 Å². The van der Waals surface area contributed by atoms with E-state index in [0.717, 1.165) is 5.69 Å². The number of carbonyl (C=O) groups is 1. The van der Waals surface area contributed by atoms with Gasteiger partial charge in [0.1, 0.15) is 11.6 Å². The van der Waals surface area contributed by atoms with Crippen LogP contribution in [-0.4, -0.2) is 78.7 Å². The van der Waals surface area contributed by atoms with Gasteiger partial charge in [0.25, 0.3) is 0 Å². The van der Waals surface area contributed by atoms with Crippen LogP contribution in [0.1, 0.15) is 17.7 Å². The van der Waals surface area contributed by atoms with Crippen molar-refractivity contribution in [2.75, 3.05) is 32.1 Å². The molecule has 4 aromatic heterocycles. The molecule has 0 radical (unpaired) electrons. The van der Waals surface area contributed by atoms with Crippen molar-refractivity contribution < 1.29 is 19.2 Å². The van der Waals surface area contributed by atoms with Gasteiger partial charge in [-0.2, -0.15) is 5.10 Å². The van der Waals surface area contributed by atoms with Gasteiger partial charge in [-0.15, -0.1) is 0 Å². The Balaban J connectivity index is 1.22. The fraction of sp³-hybridized carbons (Fsp3) is 0.304. The molecule has 0 saturated carbocycles. The number of anilines is 2. The lowest BCUT2D eigenvalue weighted by Gasteiger charge is -2.25. The number of likely N-dealkylation sites (tertiary alicyclic amines) is 1. The zero-order chi connectivity index (χ0) is 23.9. The molecule has 0 aliphatic carbocycles. The molecule has 178 valence electrons. The molecule has 2 atom stereocenters. The topological polar surface area (TPSA) is 144 Å². The highest BCUT2D eigenvalue weighted by atomic mass is 16.5. The Kier molecular flexibility index (Phi) is 5.23. The number of likely N-dealkylation sites (N-methyl/N-ethyl adjacent to an activating group) is 1. The predicted octanol–water partition coefficient (Wildman–Crippen LogP) is 1.62. The summed E-state index contributed by atoms with van der Waals surface area (Å²) in [6.07, 6.45) is 4.43. The van der Waals surface area contributed by atoms with Crippen molar-refractivity contribution in [2.45, 2.75) is 18.1 Å². The maximum absolute atomic E-state index is 12.3. The third-order valence-corrected chi connectivity index (χ3v) is 6.10. The number of nitrogens with zero attached hydrogens (tertiary/aromatic N) is 7. The Morgan fingerprint density at radius 1 is 1.11 bits per heavy atom. The van der Waals surface area contributed by atoms with Crippen LogP contribution in [0.15, 0.2) is 53.4 Å². The molecular formula is C23H22N8O4. The first-order chi connectivity index (χ1) is 17.0. The molecule has 12 nitrogen and oxygen atoms in total. The standard InChI is InChI=1S/C23H22N8O4/c1-30-10-19(32)21(22(30)33)20-7-18(29-35-20)16-4-2-3-15(27-16)17-5-6-24-23(28-17)26-13-8-25-31(9-13)14-11-34-12-14/h2-9,14,19,21,32H,10-12H2,1H3,(H,24,26,28)/t19?,21-/m0/s1. The van der Waals surface area contributed by atoms with Crippen LogP contribution >= 0.6 is 0 Å². The Morgan fingerprint density at radius 2 is 1.91 bits per heavy atom.